The van der Waals surface area contributed by atoms with E-state index in [4.69, 9.17) is 12.2 Å². The lowest BCUT2D eigenvalue weighted by Crippen LogP contribution is -2.23. The smallest absolute Gasteiger partial charge is 0.170 e. The Hall–Kier alpha value is -1.27. The molecule has 0 aliphatic rings. The van der Waals surface area contributed by atoms with Crippen LogP contribution in [0.5, 0.6) is 0 Å². The molecular formula is C8H8N4S2. The molecule has 0 spiro atoms. The zero-order valence-electron chi connectivity index (χ0n) is 7.44. The number of rotatable bonds is 1. The Morgan fingerprint density at radius 1 is 1.36 bits per heavy atom. The molecule has 0 fully saturated rings. The molecule has 1 heterocycles. The minimum absolute atomic E-state index is 0.590. The fourth-order valence-electron chi connectivity index (χ4n) is 1.05. The number of hydrogen-bond acceptors (Lipinski definition) is 4. The number of nitrogens with one attached hydrogen (secondary N) is 2. The molecule has 2 rings (SSSR count). The Kier molecular flexibility index (Phi) is 2.55. The number of nitrogens with zero attached hydrogens (tertiary/aromatic N) is 2. The summed E-state index contributed by atoms with van der Waals surface area (Å²) in [5.74, 6) is 0. The van der Waals surface area contributed by atoms with Crippen LogP contribution in [0.2, 0.25) is 0 Å². The normalized spacial score (nSPS) is 10.1. The average molecular weight is 224 g/mol. The largest absolute Gasteiger partial charge is 0.366 e. The van der Waals surface area contributed by atoms with Gasteiger partial charge in [0.25, 0.3) is 0 Å². The molecule has 0 radical (unpaired) electrons. The number of fused-ring (bicyclic) bond motifs is 1. The quantitative estimate of drug-likeness (QED) is 0.721. The maximum absolute atomic E-state index is 4.98. The lowest BCUT2D eigenvalue weighted by molar-refractivity contribution is 1.20. The van der Waals surface area contributed by atoms with E-state index in [0.717, 1.165) is 16.7 Å². The van der Waals surface area contributed by atoms with Crippen molar-refractivity contribution >= 4 is 45.8 Å². The summed E-state index contributed by atoms with van der Waals surface area (Å²) in [6.07, 6.45) is 0. The van der Waals surface area contributed by atoms with Crippen molar-refractivity contribution < 1.29 is 0 Å². The highest BCUT2D eigenvalue weighted by Gasteiger charge is 2.00. The summed E-state index contributed by atoms with van der Waals surface area (Å²) in [5.41, 5.74) is 2.72. The second kappa shape index (κ2) is 3.85. The van der Waals surface area contributed by atoms with Crippen LogP contribution in [-0.2, 0) is 0 Å². The van der Waals surface area contributed by atoms with E-state index in [1.54, 1.807) is 7.05 Å². The van der Waals surface area contributed by atoms with E-state index in [2.05, 4.69) is 19.4 Å². The van der Waals surface area contributed by atoms with Crippen LogP contribution in [0.15, 0.2) is 18.2 Å². The summed E-state index contributed by atoms with van der Waals surface area (Å²) in [4.78, 5) is 0. The van der Waals surface area contributed by atoms with Gasteiger partial charge < -0.3 is 10.6 Å². The molecule has 2 aromatic rings. The van der Waals surface area contributed by atoms with Crippen LogP contribution in [0.4, 0.5) is 5.69 Å². The fraction of sp³-hybridized carbons (Fsp3) is 0.125. The molecular weight excluding hydrogens is 216 g/mol. The van der Waals surface area contributed by atoms with Gasteiger partial charge in [0, 0.05) is 12.7 Å². The first-order valence-electron chi connectivity index (χ1n) is 4.00. The van der Waals surface area contributed by atoms with Gasteiger partial charge in [-0.2, -0.15) is 8.75 Å². The van der Waals surface area contributed by atoms with Crippen molar-refractivity contribution in [3.8, 4) is 0 Å². The van der Waals surface area contributed by atoms with E-state index in [-0.39, 0.29) is 0 Å². The van der Waals surface area contributed by atoms with Crippen molar-refractivity contribution in [2.75, 3.05) is 12.4 Å². The molecule has 0 bridgehead atoms. The molecule has 1 aromatic carbocycles. The highest BCUT2D eigenvalue weighted by molar-refractivity contribution is 7.80. The maximum atomic E-state index is 4.98. The van der Waals surface area contributed by atoms with E-state index >= 15 is 0 Å². The summed E-state index contributed by atoms with van der Waals surface area (Å²) in [5, 5.41) is 6.46. The summed E-state index contributed by atoms with van der Waals surface area (Å²) < 4.78 is 8.25. The van der Waals surface area contributed by atoms with Crippen molar-refractivity contribution in [3.63, 3.8) is 0 Å². The SMILES string of the molecule is CNC(=S)Nc1ccc2nsnc2c1. The first-order valence-corrected chi connectivity index (χ1v) is 5.14. The van der Waals surface area contributed by atoms with Crippen LogP contribution in [-0.4, -0.2) is 20.9 Å². The Morgan fingerprint density at radius 2 is 2.14 bits per heavy atom. The van der Waals surface area contributed by atoms with Gasteiger partial charge in [0.05, 0.1) is 11.7 Å². The lowest BCUT2D eigenvalue weighted by atomic mass is 10.3. The highest BCUT2D eigenvalue weighted by atomic mass is 32.1. The van der Waals surface area contributed by atoms with Crippen molar-refractivity contribution in [2.45, 2.75) is 0 Å². The molecule has 0 aliphatic carbocycles. The molecule has 6 heteroatoms. The summed E-state index contributed by atoms with van der Waals surface area (Å²) in [7, 11) is 1.78. The van der Waals surface area contributed by atoms with Gasteiger partial charge in [-0.1, -0.05) is 0 Å². The maximum Gasteiger partial charge on any atom is 0.170 e. The molecule has 14 heavy (non-hydrogen) atoms. The minimum Gasteiger partial charge on any atom is -0.366 e. The number of hydrogen-bond donors (Lipinski definition) is 2. The molecule has 0 unspecified atom stereocenters. The van der Waals surface area contributed by atoms with E-state index in [1.165, 1.54) is 11.7 Å². The zero-order chi connectivity index (χ0) is 9.97. The van der Waals surface area contributed by atoms with Crippen LogP contribution in [0.3, 0.4) is 0 Å². The lowest BCUT2D eigenvalue weighted by Gasteiger charge is -2.05. The van der Waals surface area contributed by atoms with Gasteiger partial charge in [-0.15, -0.1) is 0 Å². The van der Waals surface area contributed by atoms with E-state index in [1.807, 2.05) is 18.2 Å². The van der Waals surface area contributed by atoms with Crippen molar-refractivity contribution in [3.05, 3.63) is 18.2 Å². The zero-order valence-corrected chi connectivity index (χ0v) is 9.08. The van der Waals surface area contributed by atoms with Gasteiger partial charge in [-0.05, 0) is 30.4 Å². The number of anilines is 1. The van der Waals surface area contributed by atoms with Crippen LogP contribution in [0, 0.1) is 0 Å². The Balaban J connectivity index is 2.30. The van der Waals surface area contributed by atoms with Crippen LogP contribution < -0.4 is 10.6 Å². The van der Waals surface area contributed by atoms with Crippen molar-refractivity contribution in [1.82, 2.24) is 14.1 Å². The molecule has 1 aromatic heterocycles. The third-order valence-corrected chi connectivity index (χ3v) is 2.60. The predicted octanol–water partition coefficient (Wildman–Crippen LogP) is 1.61. The van der Waals surface area contributed by atoms with Gasteiger partial charge in [-0.25, -0.2) is 0 Å². The number of thiocarbonyl (C=S) groups is 1. The minimum atomic E-state index is 0.590. The molecule has 2 N–H and O–H groups in total. The summed E-state index contributed by atoms with van der Waals surface area (Å²) >= 11 is 6.19. The van der Waals surface area contributed by atoms with Crippen LogP contribution in [0.1, 0.15) is 0 Å². The monoisotopic (exact) mass is 224 g/mol. The first-order chi connectivity index (χ1) is 6.79. The molecule has 0 amide bonds. The first kappa shape index (κ1) is 9.29. The Labute approximate surface area is 90.7 Å². The summed E-state index contributed by atoms with van der Waals surface area (Å²) in [6, 6.07) is 5.76. The van der Waals surface area contributed by atoms with E-state index < -0.39 is 0 Å². The molecule has 0 saturated heterocycles. The number of aromatic nitrogens is 2. The number of benzene rings is 1. The van der Waals surface area contributed by atoms with Gasteiger partial charge in [0.1, 0.15) is 11.0 Å². The average Bonchev–Trinajstić information content (AvgIpc) is 2.64. The van der Waals surface area contributed by atoms with Crippen LogP contribution >= 0.6 is 23.9 Å². The fourth-order valence-corrected chi connectivity index (χ4v) is 1.69. The van der Waals surface area contributed by atoms with Crippen molar-refractivity contribution in [2.24, 2.45) is 0 Å². The van der Waals surface area contributed by atoms with Crippen molar-refractivity contribution in [1.29, 1.82) is 0 Å². The van der Waals surface area contributed by atoms with E-state index in [9.17, 15) is 0 Å². The third kappa shape index (κ3) is 1.80. The van der Waals surface area contributed by atoms with Gasteiger partial charge >= 0.3 is 0 Å². The Bertz CT molecular complexity index is 465. The molecule has 4 nitrogen and oxygen atoms in total. The topological polar surface area (TPSA) is 49.8 Å². The second-order valence-electron chi connectivity index (χ2n) is 2.67. The molecule has 0 atom stereocenters. The van der Waals surface area contributed by atoms with Crippen LogP contribution in [0.25, 0.3) is 11.0 Å². The van der Waals surface area contributed by atoms with Gasteiger partial charge in [0.2, 0.25) is 0 Å². The van der Waals surface area contributed by atoms with E-state index in [0.29, 0.717) is 5.11 Å². The summed E-state index contributed by atoms with van der Waals surface area (Å²) in [6.45, 7) is 0. The van der Waals surface area contributed by atoms with Gasteiger partial charge in [0.15, 0.2) is 5.11 Å². The molecule has 0 saturated carbocycles. The standard InChI is InChI=1S/C8H8N4S2/c1-9-8(13)10-5-2-3-6-7(4-5)12-14-11-6/h2-4H,1H3,(H2,9,10,13). The molecule has 0 aliphatic heterocycles. The second-order valence-corrected chi connectivity index (χ2v) is 3.61. The molecule has 72 valence electrons. The third-order valence-electron chi connectivity index (χ3n) is 1.74. The van der Waals surface area contributed by atoms with Gasteiger partial charge in [-0.3, -0.25) is 0 Å². The highest BCUT2D eigenvalue weighted by Crippen LogP contribution is 2.16. The predicted molar refractivity (Wildman–Crippen MR) is 62.7 cm³/mol. The Morgan fingerprint density at radius 3 is 2.93 bits per heavy atom.